The highest BCUT2D eigenvalue weighted by atomic mass is 32.2. The molecule has 0 saturated carbocycles. The smallest absolute Gasteiger partial charge is 0.246 e. The molecule has 1 unspecified atom stereocenters. The fraction of sp³-hybridized carbons (Fsp3) is 0.286. The molecule has 10 heteroatoms. The van der Waals surface area contributed by atoms with E-state index in [1.165, 1.54) is 12.1 Å². The summed E-state index contributed by atoms with van der Waals surface area (Å²) in [7, 11) is -3.81. The van der Waals surface area contributed by atoms with Gasteiger partial charge in [0.05, 0.1) is 18.5 Å². The van der Waals surface area contributed by atoms with Crippen LogP contribution in [0.2, 0.25) is 0 Å². The maximum absolute atomic E-state index is 13.3. The summed E-state index contributed by atoms with van der Waals surface area (Å²) in [4.78, 5) is 17.1. The Bertz CT molecular complexity index is 1160. The van der Waals surface area contributed by atoms with Gasteiger partial charge in [-0.25, -0.2) is 12.8 Å². The second-order valence-corrected chi connectivity index (χ2v) is 8.92. The number of halogens is 1. The van der Waals surface area contributed by atoms with Gasteiger partial charge in [0.1, 0.15) is 11.9 Å². The van der Waals surface area contributed by atoms with Crippen molar-refractivity contribution in [3.05, 3.63) is 65.8 Å². The van der Waals surface area contributed by atoms with Crippen LogP contribution in [0, 0.1) is 12.7 Å². The van der Waals surface area contributed by atoms with Crippen LogP contribution in [0.25, 0.3) is 11.4 Å². The number of nitrogens with one attached hydrogen (secondary N) is 1. The van der Waals surface area contributed by atoms with E-state index in [9.17, 15) is 17.6 Å². The van der Waals surface area contributed by atoms with Crippen molar-refractivity contribution >= 4 is 21.6 Å². The first-order chi connectivity index (χ1) is 14.7. The quantitative estimate of drug-likeness (QED) is 0.570. The van der Waals surface area contributed by atoms with E-state index in [1.807, 2.05) is 31.2 Å². The number of anilines is 1. The van der Waals surface area contributed by atoms with Crippen molar-refractivity contribution in [3.63, 3.8) is 0 Å². The summed E-state index contributed by atoms with van der Waals surface area (Å²) in [6.45, 7) is 3.58. The molecule has 0 fully saturated rings. The van der Waals surface area contributed by atoms with Gasteiger partial charge in [-0.05, 0) is 43.7 Å². The molecule has 0 aliphatic carbocycles. The Morgan fingerprint density at radius 3 is 2.55 bits per heavy atom. The van der Waals surface area contributed by atoms with Crippen LogP contribution < -0.4 is 9.62 Å². The average Bonchev–Trinajstić information content (AvgIpc) is 3.19. The summed E-state index contributed by atoms with van der Waals surface area (Å²) in [5.41, 5.74) is 2.03. The maximum Gasteiger partial charge on any atom is 0.246 e. The highest BCUT2D eigenvalue weighted by Crippen LogP contribution is 2.23. The number of nitrogens with zero attached hydrogens (tertiary/aromatic N) is 3. The first-order valence-electron chi connectivity index (χ1n) is 9.61. The molecular weight excluding hydrogens is 423 g/mol. The van der Waals surface area contributed by atoms with Gasteiger partial charge in [0, 0.05) is 5.56 Å². The lowest BCUT2D eigenvalue weighted by molar-refractivity contribution is -0.122. The minimum absolute atomic E-state index is 0.0603. The lowest BCUT2D eigenvalue weighted by Gasteiger charge is -2.29. The van der Waals surface area contributed by atoms with Crippen LogP contribution in [0.5, 0.6) is 0 Å². The lowest BCUT2D eigenvalue weighted by Crippen LogP contribution is -2.49. The summed E-state index contributed by atoms with van der Waals surface area (Å²) in [6, 6.07) is 11.5. The van der Waals surface area contributed by atoms with Crippen LogP contribution in [-0.2, 0) is 21.4 Å². The van der Waals surface area contributed by atoms with Crippen LogP contribution in [-0.4, -0.2) is 36.8 Å². The van der Waals surface area contributed by atoms with Crippen LogP contribution in [0.3, 0.4) is 0 Å². The number of rotatable bonds is 8. The molecule has 0 aliphatic rings. The molecule has 8 nitrogen and oxygen atoms in total. The van der Waals surface area contributed by atoms with Crippen molar-refractivity contribution in [2.75, 3.05) is 10.6 Å². The zero-order valence-corrected chi connectivity index (χ0v) is 18.2. The number of aromatic nitrogens is 2. The molecule has 1 atom stereocenters. The Balaban J connectivity index is 1.75. The molecule has 164 valence electrons. The molecule has 0 aliphatic heterocycles. The predicted octanol–water partition coefficient (Wildman–Crippen LogP) is 3.05. The number of benzene rings is 2. The van der Waals surface area contributed by atoms with Crippen molar-refractivity contribution in [1.29, 1.82) is 0 Å². The molecule has 1 aromatic heterocycles. The van der Waals surface area contributed by atoms with Gasteiger partial charge in [0.2, 0.25) is 27.6 Å². The van der Waals surface area contributed by atoms with Crippen LogP contribution in [0.15, 0.2) is 53.1 Å². The largest absolute Gasteiger partial charge is 0.345 e. The van der Waals surface area contributed by atoms with Gasteiger partial charge >= 0.3 is 0 Å². The normalized spacial score (nSPS) is 12.4. The van der Waals surface area contributed by atoms with Gasteiger partial charge < -0.3 is 9.84 Å². The van der Waals surface area contributed by atoms with Gasteiger partial charge in [-0.15, -0.1) is 0 Å². The third-order valence-corrected chi connectivity index (χ3v) is 5.75. The van der Waals surface area contributed by atoms with Gasteiger partial charge in [0.15, 0.2) is 0 Å². The van der Waals surface area contributed by atoms with E-state index in [0.717, 1.165) is 33.8 Å². The van der Waals surface area contributed by atoms with Crippen LogP contribution in [0.4, 0.5) is 10.1 Å². The minimum atomic E-state index is -3.81. The standard InChI is InChI=1S/C21H23FN4O4S/c1-4-18(26(31(3,28)29)17-10-8-16(22)9-11-17)21(27)23-13-19-24-20(25-30-19)15-7-5-6-14(2)12-15/h5-12,18H,4,13H2,1-3H3,(H,23,27). The third-order valence-electron chi connectivity index (χ3n) is 4.57. The van der Waals surface area contributed by atoms with E-state index in [-0.39, 0.29) is 24.5 Å². The zero-order valence-electron chi connectivity index (χ0n) is 17.4. The molecule has 3 aromatic rings. The number of amides is 1. The van der Waals surface area contributed by atoms with Gasteiger partial charge in [0.25, 0.3) is 0 Å². The molecule has 2 aromatic carbocycles. The van der Waals surface area contributed by atoms with Crippen LogP contribution >= 0.6 is 0 Å². The van der Waals surface area contributed by atoms with Crippen molar-refractivity contribution in [3.8, 4) is 11.4 Å². The number of hydrogen-bond donors (Lipinski definition) is 1. The molecule has 31 heavy (non-hydrogen) atoms. The number of aryl methyl sites for hydroxylation is 1. The van der Waals surface area contributed by atoms with E-state index in [0.29, 0.717) is 5.82 Å². The van der Waals surface area contributed by atoms with Crippen molar-refractivity contribution in [2.24, 2.45) is 0 Å². The Hall–Kier alpha value is -3.27. The van der Waals surface area contributed by atoms with E-state index >= 15 is 0 Å². The molecule has 1 heterocycles. The summed E-state index contributed by atoms with van der Waals surface area (Å²) in [5, 5.41) is 6.57. The zero-order chi connectivity index (χ0) is 22.6. The monoisotopic (exact) mass is 446 g/mol. The molecule has 0 saturated heterocycles. The lowest BCUT2D eigenvalue weighted by atomic mass is 10.1. The van der Waals surface area contributed by atoms with Gasteiger partial charge in [-0.3, -0.25) is 9.10 Å². The fourth-order valence-corrected chi connectivity index (χ4v) is 4.37. The van der Waals surface area contributed by atoms with Gasteiger partial charge in [-0.1, -0.05) is 35.8 Å². The summed E-state index contributed by atoms with van der Waals surface area (Å²) in [6.07, 6.45) is 1.20. The molecule has 0 spiro atoms. The van der Waals surface area contributed by atoms with E-state index in [4.69, 9.17) is 4.52 Å². The molecule has 0 bridgehead atoms. The second kappa shape index (κ2) is 9.25. The minimum Gasteiger partial charge on any atom is -0.345 e. The Labute approximate surface area is 180 Å². The van der Waals surface area contributed by atoms with E-state index in [1.54, 1.807) is 6.92 Å². The number of carbonyl (C=O) groups is 1. The predicted molar refractivity (Wildman–Crippen MR) is 114 cm³/mol. The summed E-state index contributed by atoms with van der Waals surface area (Å²) >= 11 is 0. The average molecular weight is 447 g/mol. The molecule has 0 radical (unpaired) electrons. The second-order valence-electron chi connectivity index (χ2n) is 7.06. The SMILES string of the molecule is CCC(C(=O)NCc1nc(-c2cccc(C)c2)no1)N(c1ccc(F)cc1)S(C)(=O)=O. The number of carbonyl (C=O) groups excluding carboxylic acids is 1. The third kappa shape index (κ3) is 5.46. The highest BCUT2D eigenvalue weighted by molar-refractivity contribution is 7.92. The van der Waals surface area contributed by atoms with E-state index in [2.05, 4.69) is 15.5 Å². The number of sulfonamides is 1. The Morgan fingerprint density at radius 2 is 1.94 bits per heavy atom. The van der Waals surface area contributed by atoms with Crippen molar-refractivity contribution in [2.45, 2.75) is 32.9 Å². The molecule has 1 N–H and O–H groups in total. The van der Waals surface area contributed by atoms with Crippen molar-refractivity contribution in [1.82, 2.24) is 15.5 Å². The first-order valence-corrected chi connectivity index (χ1v) is 11.5. The van der Waals surface area contributed by atoms with Crippen LogP contribution in [0.1, 0.15) is 24.8 Å². The first kappa shape index (κ1) is 22.4. The summed E-state index contributed by atoms with van der Waals surface area (Å²) in [5.74, 6) is -0.459. The number of hydrogen-bond acceptors (Lipinski definition) is 6. The van der Waals surface area contributed by atoms with Crippen molar-refractivity contribution < 1.29 is 22.1 Å². The fourth-order valence-electron chi connectivity index (χ4n) is 3.16. The van der Waals surface area contributed by atoms with E-state index < -0.39 is 27.8 Å². The Kier molecular flexibility index (Phi) is 6.69. The highest BCUT2D eigenvalue weighted by Gasteiger charge is 2.31. The molecule has 3 rings (SSSR count). The molecule has 1 amide bonds. The van der Waals surface area contributed by atoms with Gasteiger partial charge in [-0.2, -0.15) is 4.98 Å². The summed E-state index contributed by atoms with van der Waals surface area (Å²) < 4.78 is 44.2. The Morgan fingerprint density at radius 1 is 1.23 bits per heavy atom. The molecular formula is C21H23FN4O4S. The maximum atomic E-state index is 13.3. The topological polar surface area (TPSA) is 105 Å².